The van der Waals surface area contributed by atoms with Crippen molar-refractivity contribution >= 4 is 38.4 Å². The monoisotopic (exact) mass is 567 g/mol. The van der Waals surface area contributed by atoms with Gasteiger partial charge in [0.15, 0.2) is 6.10 Å². The standard InChI is InChI=1S/C39H39N2O2/c1-3-5-21-41-22-19-28(27(4-2)26-41)24-37(41)39(34-18-20-40-36-17-11-10-16-33(34)36)43-38(42)25-35-31-14-8-6-12-29(31)23-30-13-7-9-15-32(30)35/h3-4,6-18,20,23,27-28,37,39H,1-2,5,19,21-22,24-26H2/q+1/t27-,28-,37+,39+,41-/m0/s1. The number of ether oxygens (including phenoxy) is 1. The van der Waals surface area contributed by atoms with E-state index in [0.717, 1.165) is 80.5 Å². The van der Waals surface area contributed by atoms with Crippen LogP contribution >= 0.6 is 0 Å². The van der Waals surface area contributed by atoms with Crippen molar-refractivity contribution in [2.24, 2.45) is 11.8 Å². The minimum Gasteiger partial charge on any atom is -0.451 e. The maximum atomic E-state index is 14.2. The highest BCUT2D eigenvalue weighted by Gasteiger charge is 2.55. The van der Waals surface area contributed by atoms with Crippen LogP contribution in [0.3, 0.4) is 0 Å². The molecule has 0 saturated carbocycles. The molecule has 0 radical (unpaired) electrons. The Morgan fingerprint density at radius 2 is 1.65 bits per heavy atom. The first-order valence-electron chi connectivity index (χ1n) is 15.6. The number of carbonyl (C=O) groups excluding carboxylic acids is 1. The van der Waals surface area contributed by atoms with Gasteiger partial charge in [-0.2, -0.15) is 0 Å². The van der Waals surface area contributed by atoms with E-state index in [2.05, 4.69) is 84.9 Å². The number of hydrogen-bond donors (Lipinski definition) is 0. The molecular formula is C39H39N2O2+. The first kappa shape index (κ1) is 27.5. The normalized spacial score (nSPS) is 23.8. The van der Waals surface area contributed by atoms with Gasteiger partial charge in [0.1, 0.15) is 6.04 Å². The van der Waals surface area contributed by atoms with Crippen LogP contribution in [-0.2, 0) is 16.0 Å². The van der Waals surface area contributed by atoms with E-state index in [1.165, 1.54) is 6.42 Å². The molecule has 4 aromatic carbocycles. The summed E-state index contributed by atoms with van der Waals surface area (Å²) in [5, 5.41) is 5.55. The van der Waals surface area contributed by atoms with Crippen LogP contribution in [0.1, 0.15) is 36.5 Å². The van der Waals surface area contributed by atoms with Crippen molar-refractivity contribution in [3.63, 3.8) is 0 Å². The van der Waals surface area contributed by atoms with Crippen LogP contribution in [0.2, 0.25) is 0 Å². The fourth-order valence-electron chi connectivity index (χ4n) is 8.16. The van der Waals surface area contributed by atoms with Gasteiger partial charge in [-0.05, 0) is 51.2 Å². The fourth-order valence-corrected chi connectivity index (χ4v) is 8.16. The van der Waals surface area contributed by atoms with E-state index in [1.807, 2.05) is 36.5 Å². The molecule has 5 aromatic rings. The third-order valence-corrected chi connectivity index (χ3v) is 10.3. The first-order valence-corrected chi connectivity index (χ1v) is 15.6. The van der Waals surface area contributed by atoms with Crippen molar-refractivity contribution in [1.29, 1.82) is 0 Å². The van der Waals surface area contributed by atoms with Crippen molar-refractivity contribution < 1.29 is 14.0 Å². The average Bonchev–Trinajstić information content (AvgIpc) is 3.06. The Labute approximate surface area is 253 Å². The number of esters is 1. The zero-order valence-electron chi connectivity index (χ0n) is 24.7. The van der Waals surface area contributed by atoms with Gasteiger partial charge in [-0.25, -0.2) is 0 Å². The third kappa shape index (κ3) is 4.94. The summed E-state index contributed by atoms with van der Waals surface area (Å²) in [6, 6.07) is 29.4. The van der Waals surface area contributed by atoms with E-state index in [9.17, 15) is 4.79 Å². The highest BCUT2D eigenvalue weighted by molar-refractivity contribution is 6.04. The first-order chi connectivity index (χ1) is 21.1. The Balaban J connectivity index is 1.32. The largest absolute Gasteiger partial charge is 0.451 e. The second-order valence-corrected chi connectivity index (χ2v) is 12.5. The van der Waals surface area contributed by atoms with Crippen LogP contribution in [-0.4, -0.2) is 41.1 Å². The zero-order valence-corrected chi connectivity index (χ0v) is 24.7. The smallest absolute Gasteiger partial charge is 0.311 e. The highest BCUT2D eigenvalue weighted by Crippen LogP contribution is 2.48. The lowest BCUT2D eigenvalue weighted by Crippen LogP contribution is -2.68. The summed E-state index contributed by atoms with van der Waals surface area (Å²) in [6.07, 6.45) is 9.04. The number of carbonyl (C=O) groups is 1. The molecule has 2 bridgehead atoms. The van der Waals surface area contributed by atoms with Crippen LogP contribution < -0.4 is 0 Å². The van der Waals surface area contributed by atoms with Gasteiger partial charge in [0, 0.05) is 42.3 Å². The molecule has 3 saturated heterocycles. The summed E-state index contributed by atoms with van der Waals surface area (Å²) in [6.45, 7) is 11.4. The average molecular weight is 568 g/mol. The lowest BCUT2D eigenvalue weighted by Gasteiger charge is -2.58. The molecule has 0 spiro atoms. The molecule has 4 heteroatoms. The van der Waals surface area contributed by atoms with Gasteiger partial charge < -0.3 is 9.22 Å². The summed E-state index contributed by atoms with van der Waals surface area (Å²) in [5.41, 5.74) is 3.02. The summed E-state index contributed by atoms with van der Waals surface area (Å²) < 4.78 is 7.71. The van der Waals surface area contributed by atoms with Gasteiger partial charge in [0.05, 0.1) is 31.6 Å². The van der Waals surface area contributed by atoms with Crippen LogP contribution in [0.5, 0.6) is 0 Å². The molecule has 0 N–H and O–H groups in total. The van der Waals surface area contributed by atoms with E-state index in [4.69, 9.17) is 4.74 Å². The summed E-state index contributed by atoms with van der Waals surface area (Å²) in [4.78, 5) is 18.9. The van der Waals surface area contributed by atoms with Gasteiger partial charge in [-0.1, -0.05) is 78.9 Å². The number of nitrogens with zero attached hydrogens (tertiary/aromatic N) is 2. The van der Waals surface area contributed by atoms with E-state index >= 15 is 0 Å². The lowest BCUT2D eigenvalue weighted by atomic mass is 9.71. The Kier molecular flexibility index (Phi) is 7.32. The molecular weight excluding hydrogens is 528 g/mol. The van der Waals surface area contributed by atoms with Crippen LogP contribution in [0.25, 0.3) is 32.4 Å². The predicted molar refractivity (Wildman–Crippen MR) is 176 cm³/mol. The van der Waals surface area contributed by atoms with Crippen LogP contribution in [0.4, 0.5) is 0 Å². The Morgan fingerprint density at radius 3 is 2.37 bits per heavy atom. The molecule has 1 aromatic heterocycles. The zero-order chi connectivity index (χ0) is 29.4. The fraction of sp³-hybridized carbons (Fsp3) is 0.282. The molecule has 4 heterocycles. The molecule has 0 unspecified atom stereocenters. The van der Waals surface area contributed by atoms with Crippen molar-refractivity contribution in [3.8, 4) is 0 Å². The molecule has 5 atom stereocenters. The molecule has 3 aliphatic heterocycles. The highest BCUT2D eigenvalue weighted by atomic mass is 16.5. The Bertz CT molecular complexity index is 1780. The Morgan fingerprint density at radius 1 is 0.953 bits per heavy atom. The van der Waals surface area contributed by atoms with Gasteiger partial charge in [0.2, 0.25) is 0 Å². The number of benzene rings is 4. The molecule has 4 nitrogen and oxygen atoms in total. The summed E-state index contributed by atoms with van der Waals surface area (Å²) in [7, 11) is 0. The molecule has 216 valence electrons. The summed E-state index contributed by atoms with van der Waals surface area (Å²) in [5.74, 6) is 0.863. The van der Waals surface area contributed by atoms with E-state index in [1.54, 1.807) is 0 Å². The molecule has 0 aliphatic carbocycles. The van der Waals surface area contributed by atoms with Gasteiger partial charge in [-0.15, -0.1) is 13.2 Å². The number of piperidine rings is 3. The maximum absolute atomic E-state index is 14.2. The van der Waals surface area contributed by atoms with E-state index in [0.29, 0.717) is 11.8 Å². The van der Waals surface area contributed by atoms with Gasteiger partial charge >= 0.3 is 5.97 Å². The van der Waals surface area contributed by atoms with Crippen molar-refractivity contribution in [1.82, 2.24) is 4.98 Å². The molecule has 3 aliphatic rings. The van der Waals surface area contributed by atoms with Gasteiger partial charge in [0.25, 0.3) is 0 Å². The number of fused-ring (bicyclic) bond motifs is 6. The lowest BCUT2D eigenvalue weighted by molar-refractivity contribution is -0.972. The summed E-state index contributed by atoms with van der Waals surface area (Å²) >= 11 is 0. The molecule has 3 fully saturated rings. The number of rotatable bonds is 9. The number of hydrogen-bond acceptors (Lipinski definition) is 3. The van der Waals surface area contributed by atoms with E-state index in [-0.39, 0.29) is 24.5 Å². The van der Waals surface area contributed by atoms with Crippen LogP contribution in [0, 0.1) is 11.8 Å². The number of quaternary nitrogens is 1. The Hall–Kier alpha value is -4.28. The molecule has 0 amide bonds. The minimum atomic E-state index is -0.375. The quantitative estimate of drug-likeness (QED) is 0.0778. The number of aromatic nitrogens is 1. The third-order valence-electron chi connectivity index (χ3n) is 10.3. The number of para-hydroxylation sites is 1. The molecule has 8 rings (SSSR count). The van der Waals surface area contributed by atoms with Crippen molar-refractivity contribution in [2.75, 3.05) is 19.6 Å². The van der Waals surface area contributed by atoms with Gasteiger partial charge in [-0.3, -0.25) is 9.78 Å². The maximum Gasteiger partial charge on any atom is 0.311 e. The SMILES string of the molecule is C=CCC[N@@+]12CC[C@@H](C[C@@H]1[C@H](OC(=O)Cc1c3ccccc3cc3ccccc13)c1ccnc3ccccc13)[C@@H](C=C)C2. The van der Waals surface area contributed by atoms with Crippen LogP contribution in [0.15, 0.2) is 116 Å². The second-order valence-electron chi connectivity index (χ2n) is 12.5. The minimum absolute atomic E-state index is 0.161. The topological polar surface area (TPSA) is 39.2 Å². The second kappa shape index (κ2) is 11.4. The van der Waals surface area contributed by atoms with E-state index < -0.39 is 0 Å². The van der Waals surface area contributed by atoms with Crippen molar-refractivity contribution in [3.05, 3.63) is 128 Å². The molecule has 43 heavy (non-hydrogen) atoms. The van der Waals surface area contributed by atoms with Crippen molar-refractivity contribution in [2.45, 2.75) is 37.8 Å². The predicted octanol–water partition coefficient (Wildman–Crippen LogP) is 8.36. The number of pyridine rings is 1.